The quantitative estimate of drug-likeness (QED) is 0.538. The van der Waals surface area contributed by atoms with Gasteiger partial charge in [0.25, 0.3) is 5.91 Å². The van der Waals surface area contributed by atoms with E-state index in [0.29, 0.717) is 22.9 Å². The number of anilines is 1. The molecular weight excluding hydrogens is 435 g/mol. The average Bonchev–Trinajstić information content (AvgIpc) is 3.21. The Bertz CT molecular complexity index is 1010. The van der Waals surface area contributed by atoms with E-state index in [1.807, 2.05) is 60.1 Å². The van der Waals surface area contributed by atoms with Crippen LogP contribution in [0, 0.1) is 0 Å². The number of hydrogen-bond donors (Lipinski definition) is 2. The maximum atomic E-state index is 13.2. The fourth-order valence-electron chi connectivity index (χ4n) is 3.84. The van der Waals surface area contributed by atoms with Crippen LogP contribution < -0.4 is 15.4 Å². The van der Waals surface area contributed by atoms with Crippen molar-refractivity contribution in [3.63, 3.8) is 0 Å². The number of ether oxygens (including phenoxy) is 1. The summed E-state index contributed by atoms with van der Waals surface area (Å²) in [4.78, 5) is 13.2. The summed E-state index contributed by atoms with van der Waals surface area (Å²) in [6.07, 6.45) is 3.53. The summed E-state index contributed by atoms with van der Waals surface area (Å²) in [6, 6.07) is 14.9. The minimum atomic E-state index is -0.175. The first-order valence-corrected chi connectivity index (χ1v) is 10.6. The number of nitrogens with zero attached hydrogens (tertiary/aromatic N) is 2. The highest BCUT2D eigenvalue weighted by Crippen LogP contribution is 2.32. The number of benzene rings is 2. The Morgan fingerprint density at radius 3 is 2.58 bits per heavy atom. The van der Waals surface area contributed by atoms with E-state index in [1.165, 1.54) is 0 Å². The second kappa shape index (κ2) is 10.7. The van der Waals surface area contributed by atoms with Crippen molar-refractivity contribution < 1.29 is 9.53 Å². The number of aromatic nitrogens is 2. The molecule has 0 spiro atoms. The molecule has 1 amide bonds. The lowest BCUT2D eigenvalue weighted by molar-refractivity contribution is 0.102. The number of piperidine rings is 1. The average molecular weight is 461 g/mol. The minimum absolute atomic E-state index is 0. The Kier molecular flexibility index (Phi) is 7.96. The van der Waals surface area contributed by atoms with E-state index in [0.717, 1.165) is 43.1 Å². The number of carbonyl (C=O) groups excluding carboxylic acids is 1. The molecule has 1 saturated heterocycles. The number of rotatable bonds is 6. The zero-order chi connectivity index (χ0) is 20.9. The number of para-hydroxylation sites is 1. The van der Waals surface area contributed by atoms with E-state index in [4.69, 9.17) is 16.3 Å². The van der Waals surface area contributed by atoms with Gasteiger partial charge in [0.05, 0.1) is 34.8 Å². The molecule has 8 heteroatoms. The maximum absolute atomic E-state index is 13.2. The van der Waals surface area contributed by atoms with Crippen LogP contribution in [0.3, 0.4) is 0 Å². The van der Waals surface area contributed by atoms with Crippen molar-refractivity contribution in [2.75, 3.05) is 25.0 Å². The summed E-state index contributed by atoms with van der Waals surface area (Å²) in [6.45, 7) is 4.37. The molecule has 1 fully saturated rings. The summed E-state index contributed by atoms with van der Waals surface area (Å²) in [5.41, 5.74) is 2.99. The summed E-state index contributed by atoms with van der Waals surface area (Å²) in [5, 5.41) is 11.5. The summed E-state index contributed by atoms with van der Waals surface area (Å²) in [5.74, 6) is 0.828. The number of halogens is 2. The van der Waals surface area contributed by atoms with E-state index in [1.54, 1.807) is 6.20 Å². The maximum Gasteiger partial charge on any atom is 0.259 e. The third-order valence-corrected chi connectivity index (χ3v) is 5.60. The van der Waals surface area contributed by atoms with Crippen LogP contribution in [0.15, 0.2) is 54.7 Å². The van der Waals surface area contributed by atoms with Gasteiger partial charge >= 0.3 is 0 Å². The SMILES string of the molecule is CCOc1ccc(NC(=O)c2cnn(-c3ccccc3Cl)c2C2CCNCC2)cc1.Cl. The Hall–Kier alpha value is -2.54. The molecule has 0 atom stereocenters. The van der Waals surface area contributed by atoms with E-state index >= 15 is 0 Å². The lowest BCUT2D eigenvalue weighted by atomic mass is 9.91. The van der Waals surface area contributed by atoms with Crippen LogP contribution in [0.25, 0.3) is 5.69 Å². The van der Waals surface area contributed by atoms with Crippen LogP contribution in [0.4, 0.5) is 5.69 Å². The molecule has 0 unspecified atom stereocenters. The van der Waals surface area contributed by atoms with Crippen molar-refractivity contribution in [2.45, 2.75) is 25.7 Å². The summed E-state index contributed by atoms with van der Waals surface area (Å²) >= 11 is 6.44. The molecule has 1 aliphatic rings. The number of amides is 1. The second-order valence-corrected chi connectivity index (χ2v) is 7.65. The molecule has 0 bridgehead atoms. The van der Waals surface area contributed by atoms with Gasteiger partial charge in [0, 0.05) is 11.6 Å². The molecule has 3 aromatic rings. The highest BCUT2D eigenvalue weighted by Gasteiger charge is 2.27. The molecule has 2 heterocycles. The second-order valence-electron chi connectivity index (χ2n) is 7.24. The van der Waals surface area contributed by atoms with Gasteiger partial charge in [-0.1, -0.05) is 23.7 Å². The Morgan fingerprint density at radius 1 is 1.19 bits per heavy atom. The molecule has 0 radical (unpaired) electrons. The monoisotopic (exact) mass is 460 g/mol. The predicted octanol–water partition coefficient (Wildman–Crippen LogP) is 5.07. The van der Waals surface area contributed by atoms with Crippen LogP contribution in [-0.2, 0) is 0 Å². The number of nitrogens with one attached hydrogen (secondary N) is 2. The zero-order valence-electron chi connectivity index (χ0n) is 17.3. The lowest BCUT2D eigenvalue weighted by Crippen LogP contribution is -2.29. The smallest absolute Gasteiger partial charge is 0.259 e. The van der Waals surface area contributed by atoms with E-state index < -0.39 is 0 Å². The van der Waals surface area contributed by atoms with Crippen molar-refractivity contribution in [3.8, 4) is 11.4 Å². The molecule has 1 aromatic heterocycles. The van der Waals surface area contributed by atoms with E-state index in [2.05, 4.69) is 15.7 Å². The predicted molar refractivity (Wildman–Crippen MR) is 126 cm³/mol. The molecule has 0 saturated carbocycles. The van der Waals surface area contributed by atoms with Crippen LogP contribution in [0.1, 0.15) is 41.7 Å². The molecule has 6 nitrogen and oxygen atoms in total. The molecule has 31 heavy (non-hydrogen) atoms. The van der Waals surface area contributed by atoms with Gasteiger partial charge in [0.15, 0.2) is 0 Å². The standard InChI is InChI=1S/C23H25ClN4O2.ClH/c1-2-30-18-9-7-17(8-10-18)27-23(29)19-15-26-28(21-6-4-3-5-20(21)24)22(19)16-11-13-25-14-12-16;/h3-10,15-16,25H,2,11-14H2,1H3,(H,27,29);1H. The topological polar surface area (TPSA) is 68.2 Å². The first kappa shape index (κ1) is 23.1. The number of hydrogen-bond acceptors (Lipinski definition) is 4. The highest BCUT2D eigenvalue weighted by molar-refractivity contribution is 6.32. The minimum Gasteiger partial charge on any atom is -0.494 e. The Balaban J connectivity index is 0.00000272. The molecule has 164 valence electrons. The fraction of sp³-hybridized carbons (Fsp3) is 0.304. The molecule has 2 aromatic carbocycles. The third-order valence-electron chi connectivity index (χ3n) is 5.28. The molecular formula is C23H26Cl2N4O2. The van der Waals surface area contributed by atoms with Crippen molar-refractivity contribution in [3.05, 3.63) is 71.0 Å². The summed E-state index contributed by atoms with van der Waals surface area (Å²) < 4.78 is 7.29. The fourth-order valence-corrected chi connectivity index (χ4v) is 4.05. The van der Waals surface area contributed by atoms with Crippen LogP contribution in [-0.4, -0.2) is 35.4 Å². The first-order valence-electron chi connectivity index (χ1n) is 10.2. The van der Waals surface area contributed by atoms with Gasteiger partial charge < -0.3 is 15.4 Å². The van der Waals surface area contributed by atoms with Crippen LogP contribution in [0.5, 0.6) is 5.75 Å². The van der Waals surface area contributed by atoms with Gasteiger partial charge in [-0.2, -0.15) is 5.10 Å². The van der Waals surface area contributed by atoms with E-state index in [9.17, 15) is 4.79 Å². The van der Waals surface area contributed by atoms with Crippen molar-refractivity contribution in [1.29, 1.82) is 0 Å². The normalized spacial score (nSPS) is 14.0. The van der Waals surface area contributed by atoms with Gasteiger partial charge in [0.2, 0.25) is 0 Å². The van der Waals surface area contributed by atoms with Gasteiger partial charge in [-0.15, -0.1) is 12.4 Å². The van der Waals surface area contributed by atoms with Gasteiger partial charge in [-0.3, -0.25) is 4.79 Å². The van der Waals surface area contributed by atoms with Crippen LogP contribution in [0.2, 0.25) is 5.02 Å². The van der Waals surface area contributed by atoms with Crippen molar-refractivity contribution >= 4 is 35.6 Å². The molecule has 4 rings (SSSR count). The largest absolute Gasteiger partial charge is 0.494 e. The van der Waals surface area contributed by atoms with Gasteiger partial charge in [0.1, 0.15) is 5.75 Å². The Morgan fingerprint density at radius 2 is 1.90 bits per heavy atom. The molecule has 0 aliphatic carbocycles. The summed E-state index contributed by atoms with van der Waals surface area (Å²) in [7, 11) is 0. The lowest BCUT2D eigenvalue weighted by Gasteiger charge is -2.25. The third kappa shape index (κ3) is 5.21. The van der Waals surface area contributed by atoms with Gasteiger partial charge in [-0.25, -0.2) is 4.68 Å². The molecule has 1 aliphatic heterocycles. The Labute approximate surface area is 193 Å². The zero-order valence-corrected chi connectivity index (χ0v) is 18.9. The molecule has 2 N–H and O–H groups in total. The highest BCUT2D eigenvalue weighted by atomic mass is 35.5. The van der Waals surface area contributed by atoms with Crippen molar-refractivity contribution in [2.24, 2.45) is 0 Å². The number of carbonyl (C=O) groups is 1. The van der Waals surface area contributed by atoms with E-state index in [-0.39, 0.29) is 24.2 Å². The first-order chi connectivity index (χ1) is 14.7. The van der Waals surface area contributed by atoms with Crippen LogP contribution >= 0.6 is 24.0 Å². The van der Waals surface area contributed by atoms with Gasteiger partial charge in [-0.05, 0) is 69.3 Å². The van der Waals surface area contributed by atoms with Crippen molar-refractivity contribution in [1.82, 2.24) is 15.1 Å².